The lowest BCUT2D eigenvalue weighted by Gasteiger charge is -2.37. The molecule has 0 aliphatic carbocycles. The van der Waals surface area contributed by atoms with Gasteiger partial charge in [0.1, 0.15) is 5.82 Å². The minimum atomic E-state index is -0.906. The summed E-state index contributed by atoms with van der Waals surface area (Å²) < 4.78 is 1.94. The van der Waals surface area contributed by atoms with Gasteiger partial charge in [0.15, 0.2) is 0 Å². The number of imidazole rings is 1. The summed E-state index contributed by atoms with van der Waals surface area (Å²) in [5.74, 6) is 0.0536. The van der Waals surface area contributed by atoms with E-state index in [1.807, 2.05) is 10.6 Å². The van der Waals surface area contributed by atoms with Gasteiger partial charge < -0.3 is 9.51 Å². The minimum Gasteiger partial charge on any atom is -0.478 e. The Hall–Kier alpha value is -1.88. The average molecular weight is 287 g/mol. The highest BCUT2D eigenvalue weighted by Crippen LogP contribution is 2.32. The number of fused-ring (bicyclic) bond motifs is 1. The van der Waals surface area contributed by atoms with E-state index >= 15 is 0 Å². The molecule has 0 saturated carbocycles. The predicted octanol–water partition coefficient (Wildman–Crippen LogP) is 2.97. The Labute approximate surface area is 124 Å². The highest BCUT2D eigenvalue weighted by molar-refractivity contribution is 5.95. The van der Waals surface area contributed by atoms with E-state index in [1.165, 1.54) is 12.8 Å². The standard InChI is InChI=1S/C16H21N3O2/c1-11(2)18-8-4-3-7-13(18)15-17-10-14-12(16(20)21)6-5-9-19(14)15/h5-6,9-11,13H,3-4,7-8H2,1-2H3,(H,20,21). The van der Waals surface area contributed by atoms with Crippen LogP contribution < -0.4 is 0 Å². The van der Waals surface area contributed by atoms with Gasteiger partial charge >= 0.3 is 5.97 Å². The summed E-state index contributed by atoms with van der Waals surface area (Å²) in [6.45, 7) is 5.49. The number of carboxylic acid groups (broad SMARTS) is 1. The van der Waals surface area contributed by atoms with E-state index in [-0.39, 0.29) is 6.04 Å². The number of piperidine rings is 1. The molecule has 2 aromatic rings. The quantitative estimate of drug-likeness (QED) is 0.943. The molecule has 3 rings (SSSR count). The number of pyridine rings is 1. The summed E-state index contributed by atoms with van der Waals surface area (Å²) >= 11 is 0. The van der Waals surface area contributed by atoms with Crippen molar-refractivity contribution in [1.82, 2.24) is 14.3 Å². The smallest absolute Gasteiger partial charge is 0.337 e. The molecule has 1 unspecified atom stereocenters. The third kappa shape index (κ3) is 2.42. The summed E-state index contributed by atoms with van der Waals surface area (Å²) in [6, 6.07) is 4.14. The van der Waals surface area contributed by atoms with Crippen LogP contribution >= 0.6 is 0 Å². The molecule has 1 atom stereocenters. The van der Waals surface area contributed by atoms with E-state index in [0.29, 0.717) is 17.1 Å². The van der Waals surface area contributed by atoms with Gasteiger partial charge in [-0.05, 0) is 45.4 Å². The Bertz CT molecular complexity index is 663. The van der Waals surface area contributed by atoms with Crippen molar-refractivity contribution in [3.63, 3.8) is 0 Å². The van der Waals surface area contributed by atoms with E-state index in [1.54, 1.807) is 18.3 Å². The molecule has 1 fully saturated rings. The van der Waals surface area contributed by atoms with Gasteiger partial charge in [0, 0.05) is 12.2 Å². The van der Waals surface area contributed by atoms with Crippen LogP contribution in [0.4, 0.5) is 0 Å². The topological polar surface area (TPSA) is 57.8 Å². The van der Waals surface area contributed by atoms with Crippen molar-refractivity contribution in [2.45, 2.75) is 45.2 Å². The molecule has 0 amide bonds. The van der Waals surface area contributed by atoms with E-state index in [2.05, 4.69) is 23.7 Å². The van der Waals surface area contributed by atoms with Crippen LogP contribution in [0.25, 0.3) is 5.52 Å². The number of carboxylic acids is 1. The number of aromatic carboxylic acids is 1. The predicted molar refractivity (Wildman–Crippen MR) is 80.6 cm³/mol. The van der Waals surface area contributed by atoms with Crippen LogP contribution in [-0.4, -0.2) is 37.9 Å². The number of carbonyl (C=O) groups is 1. The van der Waals surface area contributed by atoms with Crippen molar-refractivity contribution in [2.75, 3.05) is 6.54 Å². The average Bonchev–Trinajstić information content (AvgIpc) is 2.90. The van der Waals surface area contributed by atoms with Crippen LogP contribution in [0.1, 0.15) is 55.3 Å². The van der Waals surface area contributed by atoms with Gasteiger partial charge in [0.2, 0.25) is 0 Å². The number of hydrogen-bond acceptors (Lipinski definition) is 3. The molecule has 0 spiro atoms. The molecule has 3 heterocycles. The second-order valence-corrected chi connectivity index (χ2v) is 5.94. The maximum absolute atomic E-state index is 11.3. The van der Waals surface area contributed by atoms with Crippen LogP contribution in [0.15, 0.2) is 24.5 Å². The van der Waals surface area contributed by atoms with Crippen molar-refractivity contribution >= 4 is 11.5 Å². The van der Waals surface area contributed by atoms with Crippen LogP contribution in [0.5, 0.6) is 0 Å². The largest absolute Gasteiger partial charge is 0.478 e. The number of rotatable bonds is 3. The first-order valence-corrected chi connectivity index (χ1v) is 7.54. The summed E-state index contributed by atoms with van der Waals surface area (Å²) in [4.78, 5) is 18.3. The number of likely N-dealkylation sites (tertiary alicyclic amines) is 1. The second kappa shape index (κ2) is 5.48. The molecular weight excluding hydrogens is 266 g/mol. The summed E-state index contributed by atoms with van der Waals surface area (Å²) in [5, 5.41) is 9.29. The van der Waals surface area contributed by atoms with Crippen molar-refractivity contribution in [2.24, 2.45) is 0 Å². The zero-order valence-electron chi connectivity index (χ0n) is 12.5. The fourth-order valence-corrected chi connectivity index (χ4v) is 3.32. The molecular formula is C16H21N3O2. The minimum absolute atomic E-state index is 0.269. The number of nitrogens with zero attached hydrogens (tertiary/aromatic N) is 3. The first-order chi connectivity index (χ1) is 10.1. The Balaban J connectivity index is 2.08. The lowest BCUT2D eigenvalue weighted by molar-refractivity contribution is 0.0698. The molecule has 2 aromatic heterocycles. The van der Waals surface area contributed by atoms with Gasteiger partial charge in [0.25, 0.3) is 0 Å². The first kappa shape index (κ1) is 14.1. The summed E-state index contributed by atoms with van der Waals surface area (Å²) in [6.07, 6.45) is 7.09. The lowest BCUT2D eigenvalue weighted by atomic mass is 10.00. The van der Waals surface area contributed by atoms with Gasteiger partial charge in [-0.25, -0.2) is 9.78 Å². The second-order valence-electron chi connectivity index (χ2n) is 5.94. The SMILES string of the molecule is CC(C)N1CCCCC1c1ncc2c(C(=O)O)cccn12. The summed E-state index contributed by atoms with van der Waals surface area (Å²) in [7, 11) is 0. The van der Waals surface area contributed by atoms with Crippen LogP contribution in [0.2, 0.25) is 0 Å². The highest BCUT2D eigenvalue weighted by atomic mass is 16.4. The highest BCUT2D eigenvalue weighted by Gasteiger charge is 2.29. The molecule has 1 saturated heterocycles. The maximum Gasteiger partial charge on any atom is 0.337 e. The third-order valence-corrected chi connectivity index (χ3v) is 4.34. The van der Waals surface area contributed by atoms with E-state index < -0.39 is 5.97 Å². The van der Waals surface area contributed by atoms with Gasteiger partial charge in [-0.15, -0.1) is 0 Å². The third-order valence-electron chi connectivity index (χ3n) is 4.34. The number of aromatic nitrogens is 2. The Morgan fingerprint density at radius 1 is 1.43 bits per heavy atom. The molecule has 5 heteroatoms. The monoisotopic (exact) mass is 287 g/mol. The Kier molecular flexibility index (Phi) is 3.68. The van der Waals surface area contributed by atoms with Crippen molar-refractivity contribution in [1.29, 1.82) is 0 Å². The zero-order valence-corrected chi connectivity index (χ0v) is 12.5. The van der Waals surface area contributed by atoms with Gasteiger partial charge in [-0.3, -0.25) is 4.90 Å². The van der Waals surface area contributed by atoms with Gasteiger partial charge in [0.05, 0.1) is 23.3 Å². The fourth-order valence-electron chi connectivity index (χ4n) is 3.32. The van der Waals surface area contributed by atoms with Gasteiger partial charge in [-0.2, -0.15) is 0 Å². The molecule has 21 heavy (non-hydrogen) atoms. The Morgan fingerprint density at radius 3 is 2.95 bits per heavy atom. The fraction of sp³-hybridized carbons (Fsp3) is 0.500. The molecule has 1 aliphatic heterocycles. The van der Waals surface area contributed by atoms with Gasteiger partial charge in [-0.1, -0.05) is 6.42 Å². The Morgan fingerprint density at radius 2 is 2.24 bits per heavy atom. The zero-order chi connectivity index (χ0) is 15.0. The van der Waals surface area contributed by atoms with Crippen LogP contribution in [-0.2, 0) is 0 Å². The van der Waals surface area contributed by atoms with E-state index in [0.717, 1.165) is 18.8 Å². The van der Waals surface area contributed by atoms with Crippen molar-refractivity contribution in [3.8, 4) is 0 Å². The van der Waals surface area contributed by atoms with Crippen LogP contribution in [0.3, 0.4) is 0 Å². The lowest BCUT2D eigenvalue weighted by Crippen LogP contribution is -2.39. The van der Waals surface area contributed by atoms with E-state index in [4.69, 9.17) is 0 Å². The summed E-state index contributed by atoms with van der Waals surface area (Å²) in [5.41, 5.74) is 0.984. The van der Waals surface area contributed by atoms with E-state index in [9.17, 15) is 9.90 Å². The molecule has 0 aromatic carbocycles. The van der Waals surface area contributed by atoms with Crippen LogP contribution in [0, 0.1) is 0 Å². The molecule has 0 bridgehead atoms. The number of hydrogen-bond donors (Lipinski definition) is 1. The first-order valence-electron chi connectivity index (χ1n) is 7.54. The van der Waals surface area contributed by atoms with Crippen molar-refractivity contribution in [3.05, 3.63) is 35.9 Å². The molecule has 0 radical (unpaired) electrons. The van der Waals surface area contributed by atoms with Crippen molar-refractivity contribution < 1.29 is 9.90 Å². The molecule has 5 nitrogen and oxygen atoms in total. The molecule has 1 aliphatic rings. The molecule has 1 N–H and O–H groups in total. The maximum atomic E-state index is 11.3. The molecule has 112 valence electrons. The normalized spacial score (nSPS) is 20.2.